The molecule has 1 aromatic heterocycles. The second-order valence-corrected chi connectivity index (χ2v) is 5.96. The molecule has 90 valence electrons. The molecule has 4 nitrogen and oxygen atoms in total. The Morgan fingerprint density at radius 2 is 2.19 bits per heavy atom. The molecule has 1 heterocycles. The molecule has 2 unspecified atom stereocenters. The molecule has 0 amide bonds. The minimum atomic E-state index is -0.227. The number of aromatic nitrogens is 2. The van der Waals surface area contributed by atoms with E-state index in [-0.39, 0.29) is 11.4 Å². The maximum Gasteiger partial charge on any atom is 0.276 e. The van der Waals surface area contributed by atoms with Crippen LogP contribution in [-0.2, 0) is 5.75 Å². The second-order valence-electron chi connectivity index (χ2n) is 3.90. The maximum absolute atomic E-state index is 9.83. The van der Waals surface area contributed by atoms with Gasteiger partial charge in [-0.05, 0) is 19.1 Å². The van der Waals surface area contributed by atoms with E-state index in [1.54, 1.807) is 11.8 Å². The van der Waals surface area contributed by atoms with Crippen molar-refractivity contribution in [2.75, 3.05) is 6.26 Å². The summed E-state index contributed by atoms with van der Waals surface area (Å²) < 4.78 is 5.48. The Labute approximate surface area is 104 Å². The zero-order chi connectivity index (χ0) is 11.4. The maximum atomic E-state index is 9.83. The van der Waals surface area contributed by atoms with E-state index in [2.05, 4.69) is 10.2 Å². The molecule has 1 N–H and O–H groups in total. The fourth-order valence-corrected chi connectivity index (χ4v) is 3.24. The van der Waals surface area contributed by atoms with Gasteiger partial charge in [0.25, 0.3) is 5.22 Å². The fraction of sp³-hybridized carbons (Fsp3) is 0.800. The lowest BCUT2D eigenvalue weighted by Crippen LogP contribution is -2.26. The predicted molar refractivity (Wildman–Crippen MR) is 65.6 cm³/mol. The van der Waals surface area contributed by atoms with Crippen molar-refractivity contribution in [1.82, 2.24) is 10.2 Å². The van der Waals surface area contributed by atoms with E-state index >= 15 is 0 Å². The van der Waals surface area contributed by atoms with Gasteiger partial charge < -0.3 is 9.52 Å². The monoisotopic (exact) mass is 260 g/mol. The van der Waals surface area contributed by atoms with Crippen LogP contribution >= 0.6 is 23.5 Å². The summed E-state index contributed by atoms with van der Waals surface area (Å²) in [6.07, 6.45) is 6.01. The van der Waals surface area contributed by atoms with Crippen molar-refractivity contribution >= 4 is 23.5 Å². The Morgan fingerprint density at radius 1 is 1.38 bits per heavy atom. The fourth-order valence-electron chi connectivity index (χ4n) is 1.81. The Morgan fingerprint density at radius 3 is 2.94 bits per heavy atom. The van der Waals surface area contributed by atoms with E-state index in [9.17, 15) is 5.11 Å². The third-order valence-electron chi connectivity index (χ3n) is 2.64. The highest BCUT2D eigenvalue weighted by atomic mass is 32.2. The number of nitrogens with zero attached hydrogens (tertiary/aromatic N) is 2. The topological polar surface area (TPSA) is 59.2 Å². The molecule has 2 atom stereocenters. The number of thioether (sulfide) groups is 2. The van der Waals surface area contributed by atoms with Crippen LogP contribution in [0.1, 0.15) is 31.6 Å². The molecule has 1 fully saturated rings. The average molecular weight is 260 g/mol. The summed E-state index contributed by atoms with van der Waals surface area (Å²) in [6.45, 7) is 0. The highest BCUT2D eigenvalue weighted by molar-refractivity contribution is 7.99. The first kappa shape index (κ1) is 12.3. The molecule has 1 saturated carbocycles. The van der Waals surface area contributed by atoms with Gasteiger partial charge >= 0.3 is 0 Å². The Kier molecular flexibility index (Phi) is 4.55. The van der Waals surface area contributed by atoms with Crippen molar-refractivity contribution in [3.8, 4) is 0 Å². The standard InChI is InChI=1S/C10H16N2O2S2/c1-15-6-9-11-12-10(14-9)16-8-5-3-2-4-7(8)13/h7-8,13H,2-6H2,1H3. The Balaban J connectivity index is 1.91. The predicted octanol–water partition coefficient (Wildman–Crippen LogP) is 2.33. The van der Waals surface area contributed by atoms with Gasteiger partial charge in [-0.15, -0.1) is 10.2 Å². The highest BCUT2D eigenvalue weighted by Crippen LogP contribution is 2.33. The lowest BCUT2D eigenvalue weighted by molar-refractivity contribution is 0.136. The molecule has 6 heteroatoms. The second kappa shape index (κ2) is 5.93. The van der Waals surface area contributed by atoms with Crippen molar-refractivity contribution in [2.45, 2.75) is 48.0 Å². The molecule has 0 radical (unpaired) electrons. The first-order valence-corrected chi connectivity index (χ1v) is 7.73. The molecule has 1 aliphatic rings. The summed E-state index contributed by atoms with van der Waals surface area (Å²) in [5, 5.41) is 18.6. The number of rotatable bonds is 4. The first-order chi connectivity index (χ1) is 7.79. The van der Waals surface area contributed by atoms with Gasteiger partial charge in [0.1, 0.15) is 0 Å². The summed E-state index contributed by atoms with van der Waals surface area (Å²) in [6, 6.07) is 0. The Bertz CT molecular complexity index is 332. The first-order valence-electron chi connectivity index (χ1n) is 5.45. The van der Waals surface area contributed by atoms with E-state index in [0.717, 1.165) is 25.0 Å². The van der Waals surface area contributed by atoms with E-state index in [1.165, 1.54) is 18.2 Å². The number of aliphatic hydroxyl groups excluding tert-OH is 1. The molecule has 0 spiro atoms. The molecular formula is C10H16N2O2S2. The number of aliphatic hydroxyl groups is 1. The molecule has 1 aromatic rings. The van der Waals surface area contributed by atoms with Gasteiger partial charge in [0, 0.05) is 5.25 Å². The Hall–Kier alpha value is -0.200. The smallest absolute Gasteiger partial charge is 0.276 e. The van der Waals surface area contributed by atoms with Gasteiger partial charge in [0.05, 0.1) is 11.9 Å². The molecule has 0 bridgehead atoms. The quantitative estimate of drug-likeness (QED) is 0.896. The highest BCUT2D eigenvalue weighted by Gasteiger charge is 2.25. The van der Waals surface area contributed by atoms with Crippen LogP contribution in [0.5, 0.6) is 0 Å². The van der Waals surface area contributed by atoms with Crippen LogP contribution < -0.4 is 0 Å². The minimum absolute atomic E-state index is 0.219. The lowest BCUT2D eigenvalue weighted by Gasteiger charge is -2.25. The van der Waals surface area contributed by atoms with Crippen molar-refractivity contribution in [3.63, 3.8) is 0 Å². The summed E-state index contributed by atoms with van der Waals surface area (Å²) >= 11 is 3.18. The summed E-state index contributed by atoms with van der Waals surface area (Å²) in [5.41, 5.74) is 0. The molecule has 16 heavy (non-hydrogen) atoms. The molecule has 0 saturated heterocycles. The van der Waals surface area contributed by atoms with Crippen molar-refractivity contribution in [1.29, 1.82) is 0 Å². The molecule has 1 aliphatic carbocycles. The van der Waals surface area contributed by atoms with Gasteiger partial charge in [0.15, 0.2) is 0 Å². The summed E-state index contributed by atoms with van der Waals surface area (Å²) in [4.78, 5) is 0. The molecule has 0 aliphatic heterocycles. The normalized spacial score (nSPS) is 25.9. The van der Waals surface area contributed by atoms with E-state index in [4.69, 9.17) is 4.42 Å². The molecule has 0 aromatic carbocycles. The average Bonchev–Trinajstić information content (AvgIpc) is 2.70. The van der Waals surface area contributed by atoms with Crippen molar-refractivity contribution in [3.05, 3.63) is 5.89 Å². The van der Waals surface area contributed by atoms with Gasteiger partial charge in [-0.1, -0.05) is 24.6 Å². The summed E-state index contributed by atoms with van der Waals surface area (Å²) in [7, 11) is 0. The van der Waals surface area contributed by atoms with Gasteiger partial charge in [-0.25, -0.2) is 0 Å². The van der Waals surface area contributed by atoms with E-state index < -0.39 is 0 Å². The van der Waals surface area contributed by atoms with E-state index in [0.29, 0.717) is 11.1 Å². The van der Waals surface area contributed by atoms with Crippen LogP contribution in [-0.4, -0.2) is 32.9 Å². The van der Waals surface area contributed by atoms with Crippen molar-refractivity contribution < 1.29 is 9.52 Å². The van der Waals surface area contributed by atoms with Crippen LogP contribution in [0, 0.1) is 0 Å². The van der Waals surface area contributed by atoms with Crippen LogP contribution in [0.15, 0.2) is 9.64 Å². The van der Waals surface area contributed by atoms with Crippen LogP contribution in [0.3, 0.4) is 0 Å². The third kappa shape index (κ3) is 3.15. The largest absolute Gasteiger partial charge is 0.415 e. The van der Waals surface area contributed by atoms with Crippen LogP contribution in [0.4, 0.5) is 0 Å². The number of hydrogen-bond donors (Lipinski definition) is 1. The SMILES string of the molecule is CSCc1nnc(SC2CCCCC2O)o1. The van der Waals surface area contributed by atoms with Crippen molar-refractivity contribution in [2.24, 2.45) is 0 Å². The summed E-state index contributed by atoms with van der Waals surface area (Å²) in [5.74, 6) is 1.42. The van der Waals surface area contributed by atoms with Crippen LogP contribution in [0.2, 0.25) is 0 Å². The van der Waals surface area contributed by atoms with Crippen LogP contribution in [0.25, 0.3) is 0 Å². The zero-order valence-corrected chi connectivity index (χ0v) is 10.9. The van der Waals surface area contributed by atoms with Gasteiger partial charge in [-0.3, -0.25) is 0 Å². The number of hydrogen-bond acceptors (Lipinski definition) is 6. The molecular weight excluding hydrogens is 244 g/mol. The zero-order valence-electron chi connectivity index (χ0n) is 9.26. The van der Waals surface area contributed by atoms with Gasteiger partial charge in [0.2, 0.25) is 5.89 Å². The third-order valence-corrected chi connectivity index (χ3v) is 4.39. The minimum Gasteiger partial charge on any atom is -0.415 e. The van der Waals surface area contributed by atoms with Gasteiger partial charge in [-0.2, -0.15) is 11.8 Å². The lowest BCUT2D eigenvalue weighted by atomic mass is 9.97. The van der Waals surface area contributed by atoms with E-state index in [1.807, 2.05) is 6.26 Å². The molecule has 2 rings (SSSR count).